The lowest BCUT2D eigenvalue weighted by molar-refractivity contribution is -0.141. The third-order valence-corrected chi connectivity index (χ3v) is 3.40. The molecule has 6 nitrogen and oxygen atoms in total. The van der Waals surface area contributed by atoms with Gasteiger partial charge in [0.25, 0.3) is 0 Å². The third-order valence-electron chi connectivity index (χ3n) is 3.40. The number of hydrogen-bond acceptors (Lipinski definition) is 5. The van der Waals surface area contributed by atoms with Crippen LogP contribution < -0.4 is 4.74 Å². The molecule has 9 heteroatoms. The van der Waals surface area contributed by atoms with Gasteiger partial charge >= 0.3 is 12.1 Å². The minimum Gasteiger partial charge on any atom is -0.492 e. The molecule has 2 rings (SSSR count). The molecule has 0 atom stereocenters. The number of rotatable bonds is 6. The largest absolute Gasteiger partial charge is 0.492 e. The predicted molar refractivity (Wildman–Crippen MR) is 89.6 cm³/mol. The van der Waals surface area contributed by atoms with E-state index in [9.17, 15) is 23.2 Å². The molecule has 0 N–H and O–H groups in total. The number of hydrogen-bond donors (Lipinski definition) is 0. The van der Waals surface area contributed by atoms with Gasteiger partial charge < -0.3 is 9.47 Å². The van der Waals surface area contributed by atoms with Crippen LogP contribution in [0.1, 0.15) is 42.4 Å². The van der Waals surface area contributed by atoms with E-state index in [1.54, 1.807) is 0 Å². The van der Waals surface area contributed by atoms with Crippen molar-refractivity contribution in [2.45, 2.75) is 26.9 Å². The van der Waals surface area contributed by atoms with Crippen molar-refractivity contribution in [1.82, 2.24) is 9.78 Å². The van der Waals surface area contributed by atoms with Gasteiger partial charge in [-0.05, 0) is 31.0 Å². The Hall–Kier alpha value is -3.02. The summed E-state index contributed by atoms with van der Waals surface area (Å²) in [5.41, 5.74) is -1.71. The van der Waals surface area contributed by atoms with Gasteiger partial charge in [0.15, 0.2) is 5.69 Å². The van der Waals surface area contributed by atoms with Crippen molar-refractivity contribution in [3.8, 4) is 17.5 Å². The SMILES string of the molecule is CCOC(=O)c1cn(-c2ccc(OCC(C)C)c(C#N)c2)nc1C(F)(F)F. The van der Waals surface area contributed by atoms with Crippen LogP contribution in [0.2, 0.25) is 0 Å². The van der Waals surface area contributed by atoms with Crippen LogP contribution in [0.4, 0.5) is 13.2 Å². The lowest BCUT2D eigenvalue weighted by Crippen LogP contribution is -2.14. The summed E-state index contributed by atoms with van der Waals surface area (Å²) < 4.78 is 50.7. The minimum atomic E-state index is -4.83. The van der Waals surface area contributed by atoms with E-state index in [0.29, 0.717) is 12.4 Å². The van der Waals surface area contributed by atoms with Crippen LogP contribution in [0.15, 0.2) is 24.4 Å². The van der Waals surface area contributed by atoms with E-state index in [0.717, 1.165) is 10.9 Å². The summed E-state index contributed by atoms with van der Waals surface area (Å²) in [5.74, 6) is -0.555. The number of halogens is 3. The number of ether oxygens (including phenoxy) is 2. The van der Waals surface area contributed by atoms with Gasteiger partial charge in [-0.1, -0.05) is 13.8 Å². The Morgan fingerprint density at radius 3 is 2.63 bits per heavy atom. The Balaban J connectivity index is 2.46. The summed E-state index contributed by atoms with van der Waals surface area (Å²) in [7, 11) is 0. The fraction of sp³-hybridized carbons (Fsp3) is 0.389. The van der Waals surface area contributed by atoms with E-state index >= 15 is 0 Å². The average molecular weight is 381 g/mol. The number of carbonyl (C=O) groups excluding carboxylic acids is 1. The van der Waals surface area contributed by atoms with Crippen LogP contribution in [-0.4, -0.2) is 29.0 Å². The van der Waals surface area contributed by atoms with E-state index in [-0.39, 0.29) is 23.8 Å². The van der Waals surface area contributed by atoms with Gasteiger partial charge in [-0.2, -0.15) is 23.5 Å². The second kappa shape index (κ2) is 8.12. The number of carbonyl (C=O) groups is 1. The highest BCUT2D eigenvalue weighted by atomic mass is 19.4. The van der Waals surface area contributed by atoms with Crippen molar-refractivity contribution in [2.75, 3.05) is 13.2 Å². The molecule has 0 saturated heterocycles. The van der Waals surface area contributed by atoms with Gasteiger partial charge in [0.2, 0.25) is 0 Å². The zero-order chi connectivity index (χ0) is 20.2. The van der Waals surface area contributed by atoms with Gasteiger partial charge in [0, 0.05) is 6.20 Å². The van der Waals surface area contributed by atoms with Crippen LogP contribution in [0.5, 0.6) is 5.75 Å². The molecule has 0 spiro atoms. The van der Waals surface area contributed by atoms with Crippen molar-refractivity contribution in [2.24, 2.45) is 5.92 Å². The number of aromatic nitrogens is 2. The summed E-state index contributed by atoms with van der Waals surface area (Å²) in [4.78, 5) is 11.8. The first kappa shape index (κ1) is 20.3. The zero-order valence-corrected chi connectivity index (χ0v) is 15.0. The van der Waals surface area contributed by atoms with Gasteiger partial charge in [-0.15, -0.1) is 0 Å². The number of nitriles is 1. The average Bonchev–Trinajstić information content (AvgIpc) is 3.06. The smallest absolute Gasteiger partial charge is 0.436 e. The molecule has 0 aliphatic rings. The third kappa shape index (κ3) is 4.78. The van der Waals surface area contributed by atoms with Crippen LogP contribution in [0.25, 0.3) is 5.69 Å². The first-order valence-electron chi connectivity index (χ1n) is 8.18. The molecule has 27 heavy (non-hydrogen) atoms. The fourth-order valence-corrected chi connectivity index (χ4v) is 2.20. The monoisotopic (exact) mass is 381 g/mol. The van der Waals surface area contributed by atoms with Gasteiger partial charge in [0.05, 0.1) is 24.5 Å². The lowest BCUT2D eigenvalue weighted by Gasteiger charge is -2.11. The summed E-state index contributed by atoms with van der Waals surface area (Å²) in [6.45, 7) is 5.70. The van der Waals surface area contributed by atoms with E-state index < -0.39 is 23.4 Å². The zero-order valence-electron chi connectivity index (χ0n) is 15.0. The molecule has 144 valence electrons. The maximum atomic E-state index is 13.2. The molecule has 2 aromatic rings. The van der Waals surface area contributed by atoms with E-state index in [4.69, 9.17) is 4.74 Å². The van der Waals surface area contributed by atoms with Crippen molar-refractivity contribution in [1.29, 1.82) is 5.26 Å². The number of nitrogens with zero attached hydrogens (tertiary/aromatic N) is 3. The quantitative estimate of drug-likeness (QED) is 0.708. The Bertz CT molecular complexity index is 867. The second-order valence-corrected chi connectivity index (χ2v) is 6.05. The standard InChI is InChI=1S/C18H18F3N3O3/c1-4-26-17(25)14-9-24(23-16(14)18(19,20)21)13-5-6-15(12(7-13)8-22)27-10-11(2)3/h5-7,9,11H,4,10H2,1-3H3. The summed E-state index contributed by atoms with van der Waals surface area (Å²) in [6.07, 6.45) is -3.89. The first-order valence-corrected chi connectivity index (χ1v) is 8.18. The fourth-order valence-electron chi connectivity index (χ4n) is 2.20. The second-order valence-electron chi connectivity index (χ2n) is 6.05. The molecule has 0 radical (unpaired) electrons. The Kier molecular flexibility index (Phi) is 6.10. The number of esters is 1. The molecule has 0 amide bonds. The normalized spacial score (nSPS) is 11.3. The summed E-state index contributed by atoms with van der Waals surface area (Å²) >= 11 is 0. The highest BCUT2D eigenvalue weighted by Gasteiger charge is 2.40. The minimum absolute atomic E-state index is 0.0677. The molecule has 0 fully saturated rings. The molecule has 0 saturated carbocycles. The molecule has 1 aromatic heterocycles. The van der Waals surface area contributed by atoms with Crippen LogP contribution in [0, 0.1) is 17.2 Å². The highest BCUT2D eigenvalue weighted by molar-refractivity contribution is 5.90. The van der Waals surface area contributed by atoms with Gasteiger partial charge in [-0.3, -0.25) is 0 Å². The predicted octanol–water partition coefficient (Wildman–Crippen LogP) is 3.97. The van der Waals surface area contributed by atoms with Crippen molar-refractivity contribution >= 4 is 5.97 Å². The number of benzene rings is 1. The molecule has 1 heterocycles. The molecule has 0 aliphatic heterocycles. The van der Waals surface area contributed by atoms with Gasteiger partial charge in [-0.25, -0.2) is 9.48 Å². The molecule has 0 unspecified atom stereocenters. The van der Waals surface area contributed by atoms with E-state index in [2.05, 4.69) is 9.84 Å². The van der Waals surface area contributed by atoms with E-state index in [1.165, 1.54) is 25.1 Å². The van der Waals surface area contributed by atoms with Crippen LogP contribution in [-0.2, 0) is 10.9 Å². The van der Waals surface area contributed by atoms with E-state index in [1.807, 2.05) is 19.9 Å². The molecule has 0 bridgehead atoms. The lowest BCUT2D eigenvalue weighted by atomic mass is 10.2. The van der Waals surface area contributed by atoms with Crippen molar-refractivity contribution in [3.63, 3.8) is 0 Å². The van der Waals surface area contributed by atoms with Crippen LogP contribution in [0.3, 0.4) is 0 Å². The van der Waals surface area contributed by atoms with Gasteiger partial charge in [0.1, 0.15) is 17.4 Å². The molecule has 1 aromatic carbocycles. The molecule has 0 aliphatic carbocycles. The van der Waals surface area contributed by atoms with Crippen LogP contribution >= 0.6 is 0 Å². The van der Waals surface area contributed by atoms with Crippen molar-refractivity contribution in [3.05, 3.63) is 41.2 Å². The summed E-state index contributed by atoms with van der Waals surface area (Å²) in [6, 6.07) is 6.23. The maximum absolute atomic E-state index is 13.2. The molecular weight excluding hydrogens is 363 g/mol. The Morgan fingerprint density at radius 2 is 2.07 bits per heavy atom. The Labute approximate surface area is 154 Å². The summed E-state index contributed by atoms with van der Waals surface area (Å²) in [5, 5.41) is 12.8. The highest BCUT2D eigenvalue weighted by Crippen LogP contribution is 2.32. The number of alkyl halides is 3. The Morgan fingerprint density at radius 1 is 1.37 bits per heavy atom. The first-order chi connectivity index (χ1) is 12.7. The maximum Gasteiger partial charge on any atom is 0.436 e. The molecular formula is C18H18F3N3O3. The topological polar surface area (TPSA) is 77.1 Å². The van der Waals surface area contributed by atoms with Crippen molar-refractivity contribution < 1.29 is 27.4 Å².